The van der Waals surface area contributed by atoms with Crippen molar-refractivity contribution in [1.82, 2.24) is 4.90 Å². The van der Waals surface area contributed by atoms with Crippen molar-refractivity contribution in [3.63, 3.8) is 0 Å². The van der Waals surface area contributed by atoms with Crippen molar-refractivity contribution in [2.24, 2.45) is 5.41 Å². The van der Waals surface area contributed by atoms with Crippen molar-refractivity contribution in [1.29, 1.82) is 0 Å². The van der Waals surface area contributed by atoms with Gasteiger partial charge in [-0.05, 0) is 47.4 Å². The molecule has 148 valence electrons. The summed E-state index contributed by atoms with van der Waals surface area (Å²) in [5.74, 6) is 0.0238. The normalized spacial score (nSPS) is 15.9. The summed E-state index contributed by atoms with van der Waals surface area (Å²) in [4.78, 5) is 14.5. The van der Waals surface area contributed by atoms with E-state index in [-0.39, 0.29) is 12.0 Å². The third-order valence-electron chi connectivity index (χ3n) is 4.81. The number of nitrogens with zero attached hydrogens (tertiary/aromatic N) is 1. The number of piperidine rings is 1. The smallest absolute Gasteiger partial charge is 0.229 e. The number of carbonyl (C=O) groups excluding carboxylic acids is 1. The minimum atomic E-state index is -0.402. The second kappa shape index (κ2) is 9.34. The highest BCUT2D eigenvalue weighted by Crippen LogP contribution is 2.24. The van der Waals surface area contributed by atoms with E-state index in [1.54, 1.807) is 0 Å². The Bertz CT molecular complexity index is 757. The van der Waals surface area contributed by atoms with E-state index in [0.29, 0.717) is 0 Å². The molecule has 0 radical (unpaired) electrons. The molecule has 0 spiro atoms. The molecule has 0 saturated carbocycles. The number of anilines is 1. The first-order valence-electron chi connectivity index (χ1n) is 10.1. The first-order chi connectivity index (χ1) is 12.8. The summed E-state index contributed by atoms with van der Waals surface area (Å²) >= 11 is 0. The number of benzene rings is 2. The van der Waals surface area contributed by atoms with E-state index in [9.17, 15) is 9.90 Å². The van der Waals surface area contributed by atoms with Gasteiger partial charge in [0.25, 0.3) is 0 Å². The van der Waals surface area contributed by atoms with E-state index >= 15 is 0 Å². The largest absolute Gasteiger partial charge is 0.393 e. The van der Waals surface area contributed by atoms with Gasteiger partial charge >= 0.3 is 0 Å². The average Bonchev–Trinajstić information content (AvgIpc) is 2.64. The molecule has 4 nitrogen and oxygen atoms in total. The number of hydrogen-bond donors (Lipinski definition) is 2. The van der Waals surface area contributed by atoms with Gasteiger partial charge in [0.15, 0.2) is 0 Å². The van der Waals surface area contributed by atoms with Crippen molar-refractivity contribution in [3.05, 3.63) is 42.0 Å². The van der Waals surface area contributed by atoms with Gasteiger partial charge in [-0.15, -0.1) is 0 Å². The number of rotatable bonds is 3. The predicted molar refractivity (Wildman–Crippen MR) is 114 cm³/mol. The summed E-state index contributed by atoms with van der Waals surface area (Å²) in [7, 11) is 0. The Morgan fingerprint density at radius 1 is 1.07 bits per heavy atom. The van der Waals surface area contributed by atoms with Crippen LogP contribution in [0.15, 0.2) is 36.4 Å². The van der Waals surface area contributed by atoms with Gasteiger partial charge in [0, 0.05) is 30.7 Å². The molecule has 1 aliphatic rings. The second-order valence-corrected chi connectivity index (χ2v) is 8.11. The van der Waals surface area contributed by atoms with Crippen LogP contribution < -0.4 is 5.32 Å². The average molecular weight is 371 g/mol. The van der Waals surface area contributed by atoms with Gasteiger partial charge in [-0.3, -0.25) is 9.69 Å². The van der Waals surface area contributed by atoms with Crippen LogP contribution in [0.1, 0.15) is 53.0 Å². The first-order valence-corrected chi connectivity index (χ1v) is 10.1. The molecule has 1 aliphatic heterocycles. The molecule has 1 saturated heterocycles. The van der Waals surface area contributed by atoms with E-state index in [1.807, 2.05) is 46.8 Å². The Hall–Kier alpha value is -1.91. The molecule has 1 heterocycles. The van der Waals surface area contributed by atoms with Crippen LogP contribution in [0.3, 0.4) is 0 Å². The molecule has 1 amide bonds. The van der Waals surface area contributed by atoms with Gasteiger partial charge in [-0.2, -0.15) is 0 Å². The maximum atomic E-state index is 12.1. The summed E-state index contributed by atoms with van der Waals surface area (Å²) in [6, 6.07) is 12.6. The van der Waals surface area contributed by atoms with Gasteiger partial charge in [0.05, 0.1) is 6.10 Å². The maximum absolute atomic E-state index is 12.1. The molecular formula is C23H34N2O2. The standard InChI is InChI=1S/C21H28N2O2.C2H6/c1-21(2,3)20(25)22-18-7-6-16-12-15(4-5-17(16)13-18)14-23-10-8-19(24)9-11-23;1-2/h4-7,12-13,19,24H,8-11,14H2,1-3H3,(H,22,25);1-2H3. The second-order valence-electron chi connectivity index (χ2n) is 8.11. The molecule has 27 heavy (non-hydrogen) atoms. The molecule has 0 bridgehead atoms. The van der Waals surface area contributed by atoms with Crippen LogP contribution in [0.5, 0.6) is 0 Å². The third-order valence-corrected chi connectivity index (χ3v) is 4.81. The minimum Gasteiger partial charge on any atom is -0.393 e. The van der Waals surface area contributed by atoms with Crippen LogP contribution >= 0.6 is 0 Å². The van der Waals surface area contributed by atoms with E-state index in [1.165, 1.54) is 10.9 Å². The van der Waals surface area contributed by atoms with E-state index in [4.69, 9.17) is 0 Å². The Morgan fingerprint density at radius 3 is 2.30 bits per heavy atom. The zero-order valence-corrected chi connectivity index (χ0v) is 17.4. The fourth-order valence-corrected chi connectivity index (χ4v) is 3.13. The lowest BCUT2D eigenvalue weighted by molar-refractivity contribution is -0.123. The molecule has 0 aliphatic carbocycles. The molecule has 2 aromatic rings. The summed E-state index contributed by atoms with van der Waals surface area (Å²) in [6.45, 7) is 12.6. The van der Waals surface area contributed by atoms with Gasteiger partial charge in [-0.1, -0.05) is 52.8 Å². The number of aliphatic hydroxyl groups is 1. The van der Waals surface area contributed by atoms with E-state index < -0.39 is 5.41 Å². The third kappa shape index (κ3) is 6.05. The lowest BCUT2D eigenvalue weighted by Gasteiger charge is -2.29. The predicted octanol–water partition coefficient (Wildman–Crippen LogP) is 4.81. The number of nitrogens with one attached hydrogen (secondary N) is 1. The van der Waals surface area contributed by atoms with Crippen molar-refractivity contribution < 1.29 is 9.90 Å². The summed E-state index contributed by atoms with van der Waals surface area (Å²) < 4.78 is 0. The fourth-order valence-electron chi connectivity index (χ4n) is 3.13. The molecule has 3 rings (SSSR count). The van der Waals surface area contributed by atoms with Crippen LogP contribution in [0.2, 0.25) is 0 Å². The molecule has 2 N–H and O–H groups in total. The molecular weight excluding hydrogens is 336 g/mol. The van der Waals surface area contributed by atoms with Crippen LogP contribution in [-0.4, -0.2) is 35.1 Å². The number of aliphatic hydroxyl groups excluding tert-OH is 1. The Labute approximate surface area is 163 Å². The summed E-state index contributed by atoms with van der Waals surface area (Å²) in [5.41, 5.74) is 1.72. The zero-order chi connectivity index (χ0) is 20.0. The minimum absolute atomic E-state index is 0.0238. The molecule has 0 atom stereocenters. The highest BCUT2D eigenvalue weighted by atomic mass is 16.3. The monoisotopic (exact) mass is 370 g/mol. The SMILES string of the molecule is CC.CC(C)(C)C(=O)Nc1ccc2cc(CN3CCC(O)CC3)ccc2c1. The number of fused-ring (bicyclic) bond motifs is 1. The first kappa shape index (κ1) is 21.4. The van der Waals surface area contributed by atoms with Gasteiger partial charge in [-0.25, -0.2) is 0 Å². The van der Waals surface area contributed by atoms with Gasteiger partial charge in [0.1, 0.15) is 0 Å². The molecule has 0 aromatic heterocycles. The lowest BCUT2D eigenvalue weighted by atomic mass is 9.95. The topological polar surface area (TPSA) is 52.6 Å². The fraction of sp³-hybridized carbons (Fsp3) is 0.522. The quantitative estimate of drug-likeness (QED) is 0.815. The van der Waals surface area contributed by atoms with Gasteiger partial charge in [0.2, 0.25) is 5.91 Å². The van der Waals surface area contributed by atoms with Crippen molar-refractivity contribution in [2.45, 2.75) is 60.1 Å². The Balaban J connectivity index is 0.00000126. The number of likely N-dealkylation sites (tertiary alicyclic amines) is 1. The zero-order valence-electron chi connectivity index (χ0n) is 17.4. The summed E-state index contributed by atoms with van der Waals surface area (Å²) in [6.07, 6.45) is 1.60. The van der Waals surface area contributed by atoms with Crippen LogP contribution in [0.4, 0.5) is 5.69 Å². The number of hydrogen-bond acceptors (Lipinski definition) is 3. The number of carbonyl (C=O) groups is 1. The van der Waals surface area contributed by atoms with E-state index in [0.717, 1.165) is 43.5 Å². The van der Waals surface area contributed by atoms with Crippen LogP contribution in [0, 0.1) is 5.41 Å². The van der Waals surface area contributed by atoms with Crippen LogP contribution in [-0.2, 0) is 11.3 Å². The number of amides is 1. The molecule has 1 fully saturated rings. The van der Waals surface area contributed by atoms with Crippen molar-refractivity contribution in [2.75, 3.05) is 18.4 Å². The van der Waals surface area contributed by atoms with E-state index in [2.05, 4.69) is 34.5 Å². The maximum Gasteiger partial charge on any atom is 0.229 e. The Kier molecular flexibility index (Phi) is 7.40. The van der Waals surface area contributed by atoms with Crippen LogP contribution in [0.25, 0.3) is 10.8 Å². The lowest BCUT2D eigenvalue weighted by Crippen LogP contribution is -2.35. The molecule has 4 heteroatoms. The molecule has 2 aromatic carbocycles. The highest BCUT2D eigenvalue weighted by molar-refractivity contribution is 5.97. The van der Waals surface area contributed by atoms with Crippen molar-refractivity contribution in [3.8, 4) is 0 Å². The highest BCUT2D eigenvalue weighted by Gasteiger charge is 2.21. The van der Waals surface area contributed by atoms with Crippen molar-refractivity contribution >= 4 is 22.4 Å². The molecule has 0 unspecified atom stereocenters. The summed E-state index contributed by atoms with van der Waals surface area (Å²) in [5, 5.41) is 14.9. The Morgan fingerprint density at radius 2 is 1.67 bits per heavy atom. The van der Waals surface area contributed by atoms with Gasteiger partial charge < -0.3 is 10.4 Å².